The SMILES string of the molecule is CCCC(C(=O)c1cccc2c1OCO2)N(C)C(=O)C(F)(F)C(F)(F)C(F)(F)F. The zero-order chi connectivity index (χ0) is 22.2. The first-order valence-corrected chi connectivity index (χ1v) is 8.29. The number of likely N-dealkylation sites (N-methyl/N-ethyl adjacent to an activating group) is 1. The van der Waals surface area contributed by atoms with Gasteiger partial charge in [-0.3, -0.25) is 9.59 Å². The lowest BCUT2D eigenvalue weighted by Crippen LogP contribution is -2.61. The van der Waals surface area contributed by atoms with Crippen molar-refractivity contribution in [3.8, 4) is 11.5 Å². The predicted octanol–water partition coefficient (Wildman–Crippen LogP) is 4.06. The number of hydrogen-bond donors (Lipinski definition) is 0. The minimum absolute atomic E-state index is 0.0353. The van der Waals surface area contributed by atoms with E-state index in [1.54, 1.807) is 0 Å². The van der Waals surface area contributed by atoms with Gasteiger partial charge in [-0.1, -0.05) is 19.4 Å². The number of carbonyl (C=O) groups excluding carboxylic acids is 2. The highest BCUT2D eigenvalue weighted by Crippen LogP contribution is 2.47. The topological polar surface area (TPSA) is 55.8 Å². The number of alkyl halides is 7. The Bertz CT molecular complexity index is 794. The average molecular weight is 431 g/mol. The first kappa shape index (κ1) is 22.8. The van der Waals surface area contributed by atoms with E-state index in [9.17, 15) is 40.3 Å². The molecule has 0 bridgehead atoms. The first-order valence-electron chi connectivity index (χ1n) is 8.29. The molecule has 0 aromatic heterocycles. The van der Waals surface area contributed by atoms with Crippen molar-refractivity contribution in [2.45, 2.75) is 43.8 Å². The van der Waals surface area contributed by atoms with Crippen LogP contribution in [0.3, 0.4) is 0 Å². The van der Waals surface area contributed by atoms with Crippen LogP contribution in [0.1, 0.15) is 30.1 Å². The molecule has 1 aromatic carbocycles. The summed E-state index contributed by atoms with van der Waals surface area (Å²) in [6.07, 6.45) is -6.79. The van der Waals surface area contributed by atoms with Crippen LogP contribution in [0.25, 0.3) is 0 Å². The summed E-state index contributed by atoms with van der Waals surface area (Å²) in [5.41, 5.74) is -0.177. The number of hydrogen-bond acceptors (Lipinski definition) is 4. The minimum atomic E-state index is -6.66. The highest BCUT2D eigenvalue weighted by molar-refractivity contribution is 6.05. The molecule has 1 aliphatic heterocycles. The molecule has 1 heterocycles. The molecule has 0 saturated carbocycles. The third kappa shape index (κ3) is 3.84. The number of benzene rings is 1. The van der Waals surface area contributed by atoms with Crippen molar-refractivity contribution in [1.82, 2.24) is 4.90 Å². The summed E-state index contributed by atoms with van der Waals surface area (Å²) in [5, 5.41) is 0. The molecule has 162 valence electrons. The van der Waals surface area contributed by atoms with Gasteiger partial charge >= 0.3 is 18.0 Å². The second-order valence-corrected chi connectivity index (χ2v) is 6.27. The molecule has 0 aliphatic carbocycles. The van der Waals surface area contributed by atoms with Crippen molar-refractivity contribution >= 4 is 11.7 Å². The van der Waals surface area contributed by atoms with Crippen molar-refractivity contribution in [2.24, 2.45) is 0 Å². The van der Waals surface area contributed by atoms with Crippen molar-refractivity contribution in [3.63, 3.8) is 0 Å². The predicted molar refractivity (Wildman–Crippen MR) is 84.3 cm³/mol. The Hall–Kier alpha value is -2.53. The number of para-hydroxylation sites is 1. The second kappa shape index (κ2) is 7.71. The lowest BCUT2D eigenvalue weighted by Gasteiger charge is -2.33. The van der Waals surface area contributed by atoms with E-state index in [0.29, 0.717) is 7.05 Å². The summed E-state index contributed by atoms with van der Waals surface area (Å²) in [4.78, 5) is 24.7. The van der Waals surface area contributed by atoms with Crippen LogP contribution in [-0.4, -0.2) is 54.5 Å². The van der Waals surface area contributed by atoms with Crippen LogP contribution in [0.15, 0.2) is 18.2 Å². The normalized spacial score (nSPS) is 15.2. The molecule has 1 amide bonds. The number of nitrogens with zero attached hydrogens (tertiary/aromatic N) is 1. The second-order valence-electron chi connectivity index (χ2n) is 6.27. The highest BCUT2D eigenvalue weighted by Gasteiger charge is 2.77. The lowest BCUT2D eigenvalue weighted by molar-refractivity contribution is -0.345. The van der Waals surface area contributed by atoms with Gasteiger partial charge in [-0.2, -0.15) is 30.7 Å². The third-order valence-electron chi connectivity index (χ3n) is 4.33. The Morgan fingerprint density at radius 3 is 2.28 bits per heavy atom. The molecule has 12 heteroatoms. The molecule has 1 unspecified atom stereocenters. The molecule has 2 rings (SSSR count). The van der Waals surface area contributed by atoms with Gasteiger partial charge in [0.25, 0.3) is 5.91 Å². The largest absolute Gasteiger partial charge is 0.460 e. The fraction of sp³-hybridized carbons (Fsp3) is 0.529. The number of carbonyl (C=O) groups is 2. The Morgan fingerprint density at radius 1 is 1.10 bits per heavy atom. The number of halogens is 7. The molecule has 0 N–H and O–H groups in total. The molecule has 0 radical (unpaired) electrons. The molecule has 1 aliphatic rings. The zero-order valence-corrected chi connectivity index (χ0v) is 15.2. The Kier molecular flexibility index (Phi) is 6.05. The van der Waals surface area contributed by atoms with Gasteiger partial charge in [0.15, 0.2) is 17.3 Å². The van der Waals surface area contributed by atoms with Crippen LogP contribution in [-0.2, 0) is 4.79 Å². The summed E-state index contributed by atoms with van der Waals surface area (Å²) in [6.45, 7) is 1.28. The highest BCUT2D eigenvalue weighted by atomic mass is 19.4. The van der Waals surface area contributed by atoms with E-state index in [1.807, 2.05) is 0 Å². The van der Waals surface area contributed by atoms with Crippen LogP contribution in [0.5, 0.6) is 11.5 Å². The average Bonchev–Trinajstić information content (AvgIpc) is 3.12. The number of ether oxygens (including phenoxy) is 2. The summed E-state index contributed by atoms with van der Waals surface area (Å²) in [5.74, 6) is -16.4. The molecular formula is C17H16F7NO4. The van der Waals surface area contributed by atoms with E-state index in [1.165, 1.54) is 25.1 Å². The third-order valence-corrected chi connectivity index (χ3v) is 4.33. The van der Waals surface area contributed by atoms with E-state index in [2.05, 4.69) is 0 Å². The number of ketones is 1. The molecule has 29 heavy (non-hydrogen) atoms. The molecule has 0 fully saturated rings. The van der Waals surface area contributed by atoms with E-state index in [4.69, 9.17) is 9.47 Å². The van der Waals surface area contributed by atoms with Crippen molar-refractivity contribution in [2.75, 3.05) is 13.8 Å². The Labute approximate surface area is 160 Å². The molecule has 1 aromatic rings. The standard InChI is InChI=1S/C17H16F7NO4/c1-3-5-10(12(26)9-6-4-7-11-13(9)29-8-28-11)25(2)14(27)15(18,19)16(20,21)17(22,23)24/h4,6-7,10H,3,5,8H2,1-2H3. The zero-order valence-electron chi connectivity index (χ0n) is 15.2. The van der Waals surface area contributed by atoms with Gasteiger partial charge in [-0.15, -0.1) is 0 Å². The summed E-state index contributed by atoms with van der Waals surface area (Å²) in [7, 11) is 0.571. The van der Waals surface area contributed by atoms with Crippen LogP contribution in [0.4, 0.5) is 30.7 Å². The van der Waals surface area contributed by atoms with Crippen LogP contribution >= 0.6 is 0 Å². The molecular weight excluding hydrogens is 415 g/mol. The van der Waals surface area contributed by atoms with E-state index in [-0.39, 0.29) is 41.6 Å². The van der Waals surface area contributed by atoms with Gasteiger partial charge in [0, 0.05) is 7.05 Å². The molecule has 0 spiro atoms. The summed E-state index contributed by atoms with van der Waals surface area (Å²) < 4.78 is 101. The number of rotatable bonds is 7. The summed E-state index contributed by atoms with van der Waals surface area (Å²) in [6, 6.07) is 2.33. The maximum atomic E-state index is 13.8. The molecule has 5 nitrogen and oxygen atoms in total. The molecule has 1 atom stereocenters. The van der Waals surface area contributed by atoms with Gasteiger partial charge in [0.05, 0.1) is 11.6 Å². The number of Topliss-reactive ketones (excluding diaryl/α,β-unsaturated/α-hetero) is 1. The van der Waals surface area contributed by atoms with Crippen LogP contribution < -0.4 is 9.47 Å². The Balaban J connectivity index is 2.39. The van der Waals surface area contributed by atoms with Gasteiger partial charge in [-0.25, -0.2) is 0 Å². The van der Waals surface area contributed by atoms with E-state index in [0.717, 1.165) is 0 Å². The van der Waals surface area contributed by atoms with Crippen molar-refractivity contribution in [3.05, 3.63) is 23.8 Å². The fourth-order valence-electron chi connectivity index (χ4n) is 2.75. The van der Waals surface area contributed by atoms with Gasteiger partial charge in [0.2, 0.25) is 6.79 Å². The van der Waals surface area contributed by atoms with Gasteiger partial charge < -0.3 is 14.4 Å². The Morgan fingerprint density at radius 2 is 1.72 bits per heavy atom. The lowest BCUT2D eigenvalue weighted by atomic mass is 9.97. The van der Waals surface area contributed by atoms with Gasteiger partial charge in [-0.05, 0) is 18.6 Å². The van der Waals surface area contributed by atoms with E-state index < -0.39 is 35.8 Å². The van der Waals surface area contributed by atoms with Crippen LogP contribution in [0, 0.1) is 0 Å². The minimum Gasteiger partial charge on any atom is -0.454 e. The first-order chi connectivity index (χ1) is 13.3. The fourth-order valence-corrected chi connectivity index (χ4v) is 2.75. The monoisotopic (exact) mass is 431 g/mol. The molecule has 0 saturated heterocycles. The van der Waals surface area contributed by atoms with Crippen molar-refractivity contribution < 1.29 is 49.8 Å². The van der Waals surface area contributed by atoms with E-state index >= 15 is 0 Å². The van der Waals surface area contributed by atoms with Gasteiger partial charge in [0.1, 0.15) is 0 Å². The maximum absolute atomic E-state index is 13.8. The smallest absolute Gasteiger partial charge is 0.454 e. The number of amides is 1. The quantitative estimate of drug-likeness (QED) is 0.483. The van der Waals surface area contributed by atoms with Crippen LogP contribution in [0.2, 0.25) is 0 Å². The number of fused-ring (bicyclic) bond motifs is 1. The maximum Gasteiger partial charge on any atom is 0.460 e. The van der Waals surface area contributed by atoms with Crippen molar-refractivity contribution in [1.29, 1.82) is 0 Å². The summed E-state index contributed by atoms with van der Waals surface area (Å²) >= 11 is 0.